The summed E-state index contributed by atoms with van der Waals surface area (Å²) in [5, 5.41) is 11.6. The molecular weight excluding hydrogens is 352 g/mol. The van der Waals surface area contributed by atoms with Crippen LogP contribution in [0.25, 0.3) is 10.9 Å². The maximum absolute atomic E-state index is 10.8. The molecule has 114 valence electrons. The van der Waals surface area contributed by atoms with E-state index in [0.29, 0.717) is 31.7 Å². The molecule has 0 saturated carbocycles. The van der Waals surface area contributed by atoms with E-state index in [0.717, 1.165) is 22.1 Å². The molecule has 0 spiro atoms. The fraction of sp³-hybridized carbons (Fsp3) is 0.286. The fourth-order valence-electron chi connectivity index (χ4n) is 2.50. The predicted molar refractivity (Wildman–Crippen MR) is 85.9 cm³/mol. The van der Waals surface area contributed by atoms with Crippen LogP contribution in [-0.4, -0.2) is 47.4 Å². The van der Waals surface area contributed by atoms with Gasteiger partial charge in [-0.3, -0.25) is 14.9 Å². The number of benzene rings is 1. The second-order valence-electron chi connectivity index (χ2n) is 5.06. The summed E-state index contributed by atoms with van der Waals surface area (Å²) in [5.41, 5.74) is 0.759. The summed E-state index contributed by atoms with van der Waals surface area (Å²) in [6.07, 6.45) is 0.860. The van der Waals surface area contributed by atoms with Crippen molar-refractivity contribution in [3.05, 3.63) is 38.9 Å². The summed E-state index contributed by atoms with van der Waals surface area (Å²) < 4.78 is 0.792. The van der Waals surface area contributed by atoms with E-state index in [1.807, 2.05) is 6.07 Å². The molecule has 1 aromatic heterocycles. The molecule has 2 heterocycles. The van der Waals surface area contributed by atoms with Gasteiger partial charge < -0.3 is 9.80 Å². The Morgan fingerprint density at radius 2 is 1.95 bits per heavy atom. The number of aromatic nitrogens is 1. The van der Waals surface area contributed by atoms with Crippen LogP contribution in [0.5, 0.6) is 0 Å². The Labute approximate surface area is 134 Å². The molecule has 0 unspecified atom stereocenters. The Kier molecular flexibility index (Phi) is 3.93. The third-order valence-corrected chi connectivity index (χ3v) is 4.29. The molecule has 0 N–H and O–H groups in total. The van der Waals surface area contributed by atoms with Crippen molar-refractivity contribution >= 4 is 44.7 Å². The average Bonchev–Trinajstić information content (AvgIpc) is 2.53. The van der Waals surface area contributed by atoms with E-state index in [1.54, 1.807) is 11.0 Å². The molecular formula is C14H13BrN4O3. The first-order valence-corrected chi connectivity index (χ1v) is 7.57. The smallest absolute Gasteiger partial charge is 0.270 e. The van der Waals surface area contributed by atoms with Gasteiger partial charge in [0, 0.05) is 43.7 Å². The van der Waals surface area contributed by atoms with Crippen LogP contribution in [0.3, 0.4) is 0 Å². The Bertz CT molecular complexity index is 744. The first-order chi connectivity index (χ1) is 10.6. The Morgan fingerprint density at radius 1 is 1.23 bits per heavy atom. The highest BCUT2D eigenvalue weighted by molar-refractivity contribution is 9.10. The van der Waals surface area contributed by atoms with Gasteiger partial charge in [0.2, 0.25) is 6.41 Å². The molecule has 22 heavy (non-hydrogen) atoms. The first kappa shape index (κ1) is 14.7. The van der Waals surface area contributed by atoms with Crippen LogP contribution in [0, 0.1) is 10.1 Å². The zero-order valence-electron chi connectivity index (χ0n) is 11.6. The molecule has 3 rings (SSSR count). The van der Waals surface area contributed by atoms with E-state index >= 15 is 0 Å². The number of non-ortho nitro benzene ring substituents is 1. The molecule has 0 bridgehead atoms. The van der Waals surface area contributed by atoms with Gasteiger partial charge in [-0.15, -0.1) is 0 Å². The normalized spacial score (nSPS) is 15.1. The molecule has 1 aliphatic rings. The second kappa shape index (κ2) is 5.88. The summed E-state index contributed by atoms with van der Waals surface area (Å²) in [6.45, 7) is 2.75. The van der Waals surface area contributed by atoms with Gasteiger partial charge >= 0.3 is 0 Å². The van der Waals surface area contributed by atoms with E-state index < -0.39 is 4.92 Å². The summed E-state index contributed by atoms with van der Waals surface area (Å²) >= 11 is 3.49. The minimum Gasteiger partial charge on any atom is -0.352 e. The maximum atomic E-state index is 10.8. The van der Waals surface area contributed by atoms with Gasteiger partial charge in [-0.05, 0) is 28.1 Å². The molecule has 1 amide bonds. The number of nitrogens with zero attached hydrogens (tertiary/aromatic N) is 4. The number of rotatable bonds is 3. The van der Waals surface area contributed by atoms with E-state index in [4.69, 9.17) is 0 Å². The van der Waals surface area contributed by atoms with Gasteiger partial charge in [-0.1, -0.05) is 0 Å². The van der Waals surface area contributed by atoms with Crippen LogP contribution in [-0.2, 0) is 4.79 Å². The molecule has 8 heteroatoms. The van der Waals surface area contributed by atoms with Crippen LogP contribution in [0.4, 0.5) is 11.5 Å². The minimum atomic E-state index is -0.417. The highest BCUT2D eigenvalue weighted by Crippen LogP contribution is 2.30. The van der Waals surface area contributed by atoms with Crippen molar-refractivity contribution in [1.29, 1.82) is 0 Å². The standard InChI is InChI=1S/C14H13BrN4O3/c15-12-8-10-7-11(19(21)22)1-2-13(10)16-14(12)18-5-3-17(9-20)4-6-18/h1-2,7-9H,3-6H2. The Balaban J connectivity index is 1.94. The van der Waals surface area contributed by atoms with E-state index in [2.05, 4.69) is 25.8 Å². The van der Waals surface area contributed by atoms with E-state index in [-0.39, 0.29) is 5.69 Å². The maximum Gasteiger partial charge on any atom is 0.270 e. The molecule has 0 radical (unpaired) electrons. The summed E-state index contributed by atoms with van der Waals surface area (Å²) in [6, 6.07) is 6.47. The number of nitro benzene ring substituents is 1. The van der Waals surface area contributed by atoms with Crippen LogP contribution in [0.15, 0.2) is 28.7 Å². The zero-order chi connectivity index (χ0) is 15.7. The zero-order valence-corrected chi connectivity index (χ0v) is 13.2. The van der Waals surface area contributed by atoms with Crippen molar-refractivity contribution < 1.29 is 9.72 Å². The van der Waals surface area contributed by atoms with E-state index in [1.165, 1.54) is 12.1 Å². The number of piperazine rings is 1. The monoisotopic (exact) mass is 364 g/mol. The number of halogens is 1. The number of fused-ring (bicyclic) bond motifs is 1. The van der Waals surface area contributed by atoms with Crippen LogP contribution in [0.1, 0.15) is 0 Å². The summed E-state index contributed by atoms with van der Waals surface area (Å²) in [4.78, 5) is 29.6. The van der Waals surface area contributed by atoms with Crippen molar-refractivity contribution in [3.8, 4) is 0 Å². The van der Waals surface area contributed by atoms with E-state index in [9.17, 15) is 14.9 Å². The first-order valence-electron chi connectivity index (χ1n) is 6.77. The SMILES string of the molecule is O=CN1CCN(c2nc3ccc([N+](=O)[O-])cc3cc2Br)CC1. The van der Waals surface area contributed by atoms with Crippen molar-refractivity contribution in [3.63, 3.8) is 0 Å². The third-order valence-electron chi connectivity index (χ3n) is 3.71. The number of carbonyl (C=O) groups excluding carboxylic acids is 1. The van der Waals surface area contributed by atoms with Gasteiger partial charge in [0.05, 0.1) is 14.9 Å². The quantitative estimate of drug-likeness (QED) is 0.473. The van der Waals surface area contributed by atoms with Crippen LogP contribution >= 0.6 is 15.9 Å². The molecule has 1 aliphatic heterocycles. The number of hydrogen-bond donors (Lipinski definition) is 0. The largest absolute Gasteiger partial charge is 0.352 e. The molecule has 1 saturated heterocycles. The summed E-state index contributed by atoms with van der Waals surface area (Å²) in [5.74, 6) is 0.798. The number of anilines is 1. The number of carbonyl (C=O) groups is 1. The van der Waals surface area contributed by atoms with Crippen molar-refractivity contribution in [2.45, 2.75) is 0 Å². The van der Waals surface area contributed by atoms with Gasteiger partial charge in [-0.25, -0.2) is 4.98 Å². The Morgan fingerprint density at radius 3 is 2.59 bits per heavy atom. The molecule has 2 aromatic rings. The van der Waals surface area contributed by atoms with Gasteiger partial charge in [0.1, 0.15) is 5.82 Å². The number of hydrogen-bond acceptors (Lipinski definition) is 5. The van der Waals surface area contributed by atoms with Crippen molar-refractivity contribution in [1.82, 2.24) is 9.88 Å². The van der Waals surface area contributed by atoms with Gasteiger partial charge in [-0.2, -0.15) is 0 Å². The van der Waals surface area contributed by atoms with Gasteiger partial charge in [0.25, 0.3) is 5.69 Å². The molecule has 7 nitrogen and oxygen atoms in total. The van der Waals surface area contributed by atoms with Crippen molar-refractivity contribution in [2.24, 2.45) is 0 Å². The lowest BCUT2D eigenvalue weighted by Crippen LogP contribution is -2.46. The van der Waals surface area contributed by atoms with Crippen LogP contribution in [0.2, 0.25) is 0 Å². The lowest BCUT2D eigenvalue weighted by atomic mass is 10.2. The second-order valence-corrected chi connectivity index (χ2v) is 5.91. The number of nitro groups is 1. The highest BCUT2D eigenvalue weighted by Gasteiger charge is 2.19. The topological polar surface area (TPSA) is 79.6 Å². The molecule has 1 aromatic carbocycles. The van der Waals surface area contributed by atoms with Gasteiger partial charge in [0.15, 0.2) is 0 Å². The Hall–Kier alpha value is -2.22. The summed E-state index contributed by atoms with van der Waals surface area (Å²) in [7, 11) is 0. The lowest BCUT2D eigenvalue weighted by Gasteiger charge is -2.33. The minimum absolute atomic E-state index is 0.0496. The van der Waals surface area contributed by atoms with Crippen molar-refractivity contribution in [2.75, 3.05) is 31.1 Å². The average molecular weight is 365 g/mol. The molecule has 1 fully saturated rings. The highest BCUT2D eigenvalue weighted by atomic mass is 79.9. The molecule has 0 aliphatic carbocycles. The number of pyridine rings is 1. The number of amides is 1. The fourth-order valence-corrected chi connectivity index (χ4v) is 3.09. The van der Waals surface area contributed by atoms with Crippen LogP contribution < -0.4 is 4.90 Å². The molecule has 0 atom stereocenters. The predicted octanol–water partition coefficient (Wildman–Crippen LogP) is 2.18. The third kappa shape index (κ3) is 2.74. The lowest BCUT2D eigenvalue weighted by molar-refractivity contribution is -0.384.